The van der Waals surface area contributed by atoms with Crippen molar-refractivity contribution >= 4 is 35.0 Å². The van der Waals surface area contributed by atoms with E-state index in [2.05, 4.69) is 5.32 Å². The Kier molecular flexibility index (Phi) is 5.33. The predicted octanol–water partition coefficient (Wildman–Crippen LogP) is 4.33. The van der Waals surface area contributed by atoms with Crippen molar-refractivity contribution in [2.75, 3.05) is 5.32 Å². The number of imide groups is 1. The zero-order valence-corrected chi connectivity index (χ0v) is 16.4. The third-order valence-corrected chi connectivity index (χ3v) is 5.19. The average molecular weight is 423 g/mol. The van der Waals surface area contributed by atoms with Crippen LogP contribution in [-0.4, -0.2) is 28.7 Å². The molecule has 1 aliphatic rings. The molecule has 3 aromatic rings. The molecule has 0 aliphatic carbocycles. The lowest BCUT2D eigenvalue weighted by Gasteiger charge is -2.25. The molecule has 1 heterocycles. The van der Waals surface area contributed by atoms with Crippen LogP contribution in [0.15, 0.2) is 72.8 Å². The number of rotatable bonds is 5. The molecule has 150 valence electrons. The van der Waals surface area contributed by atoms with Crippen molar-refractivity contribution in [3.63, 3.8) is 0 Å². The number of fused-ring (bicyclic) bond motifs is 1. The maximum absolute atomic E-state index is 13.4. The summed E-state index contributed by atoms with van der Waals surface area (Å²) in [5, 5.41) is 2.49. The molecule has 5 nitrogen and oxygen atoms in total. The van der Waals surface area contributed by atoms with E-state index in [1.165, 1.54) is 12.1 Å². The van der Waals surface area contributed by atoms with Crippen LogP contribution in [0, 0.1) is 5.82 Å². The van der Waals surface area contributed by atoms with Gasteiger partial charge in [0, 0.05) is 12.1 Å². The van der Waals surface area contributed by atoms with Crippen molar-refractivity contribution in [3.8, 4) is 0 Å². The fourth-order valence-corrected chi connectivity index (χ4v) is 3.61. The van der Waals surface area contributed by atoms with Crippen LogP contribution in [0.4, 0.5) is 10.1 Å². The Morgan fingerprint density at radius 3 is 2.13 bits per heavy atom. The van der Waals surface area contributed by atoms with Crippen molar-refractivity contribution in [2.45, 2.75) is 12.5 Å². The van der Waals surface area contributed by atoms with E-state index in [1.54, 1.807) is 24.3 Å². The Labute approximate surface area is 177 Å². The number of anilines is 1. The molecule has 0 spiro atoms. The number of amides is 3. The Hall–Kier alpha value is -3.51. The highest BCUT2D eigenvalue weighted by atomic mass is 35.5. The first-order chi connectivity index (χ1) is 14.5. The van der Waals surface area contributed by atoms with Crippen LogP contribution >= 0.6 is 11.6 Å². The second-order valence-corrected chi connectivity index (χ2v) is 7.26. The zero-order chi connectivity index (χ0) is 21.3. The Morgan fingerprint density at radius 2 is 1.53 bits per heavy atom. The molecular formula is C23H16ClFN2O3. The molecule has 1 N–H and O–H groups in total. The lowest BCUT2D eigenvalue weighted by Crippen LogP contribution is -2.48. The maximum atomic E-state index is 13.4. The van der Waals surface area contributed by atoms with Gasteiger partial charge in [-0.25, -0.2) is 4.39 Å². The second kappa shape index (κ2) is 8.08. The summed E-state index contributed by atoms with van der Waals surface area (Å²) in [5.41, 5.74) is 1.57. The van der Waals surface area contributed by atoms with Gasteiger partial charge in [-0.1, -0.05) is 54.1 Å². The molecule has 3 amide bonds. The minimum atomic E-state index is -1.09. The molecule has 30 heavy (non-hydrogen) atoms. The maximum Gasteiger partial charge on any atom is 0.262 e. The molecule has 0 radical (unpaired) electrons. The number of benzene rings is 3. The first-order valence-electron chi connectivity index (χ1n) is 9.22. The fraction of sp³-hybridized carbons (Fsp3) is 0.0870. The van der Waals surface area contributed by atoms with Gasteiger partial charge in [-0.3, -0.25) is 19.3 Å². The highest BCUT2D eigenvalue weighted by Gasteiger charge is 2.42. The van der Waals surface area contributed by atoms with Crippen LogP contribution in [0.25, 0.3) is 0 Å². The van der Waals surface area contributed by atoms with Gasteiger partial charge in [-0.2, -0.15) is 0 Å². The van der Waals surface area contributed by atoms with E-state index in [0.717, 1.165) is 16.5 Å². The number of nitrogens with one attached hydrogen (secondary N) is 1. The van der Waals surface area contributed by atoms with Crippen LogP contribution in [0.3, 0.4) is 0 Å². The summed E-state index contributed by atoms with van der Waals surface area (Å²) >= 11 is 5.80. The number of hydrogen-bond donors (Lipinski definition) is 1. The molecule has 4 rings (SSSR count). The number of carbonyl (C=O) groups excluding carboxylic acids is 3. The molecule has 3 aromatic carbocycles. The summed E-state index contributed by atoms with van der Waals surface area (Å²) < 4.78 is 13.4. The Bertz CT molecular complexity index is 1120. The molecule has 0 saturated carbocycles. The summed E-state index contributed by atoms with van der Waals surface area (Å²) in [5.74, 6) is -2.24. The highest BCUT2D eigenvalue weighted by Crippen LogP contribution is 2.27. The van der Waals surface area contributed by atoms with E-state index in [9.17, 15) is 18.8 Å². The van der Waals surface area contributed by atoms with Crippen molar-refractivity contribution < 1.29 is 18.8 Å². The van der Waals surface area contributed by atoms with Crippen molar-refractivity contribution in [3.05, 3.63) is 100 Å². The Morgan fingerprint density at radius 1 is 0.933 bits per heavy atom. The molecule has 0 saturated heterocycles. The van der Waals surface area contributed by atoms with Gasteiger partial charge in [-0.05, 0) is 35.9 Å². The molecule has 1 atom stereocenters. The summed E-state index contributed by atoms with van der Waals surface area (Å²) in [6, 6.07) is 18.2. The second-order valence-electron chi connectivity index (χ2n) is 6.85. The molecule has 7 heteroatoms. The van der Waals surface area contributed by atoms with Gasteiger partial charge in [0.2, 0.25) is 5.91 Å². The van der Waals surface area contributed by atoms with Gasteiger partial charge in [0.25, 0.3) is 11.8 Å². The van der Waals surface area contributed by atoms with E-state index >= 15 is 0 Å². The number of carbonyl (C=O) groups is 3. The summed E-state index contributed by atoms with van der Waals surface area (Å²) in [6.45, 7) is 0. The van der Waals surface area contributed by atoms with Gasteiger partial charge in [-0.15, -0.1) is 0 Å². The third kappa shape index (κ3) is 3.69. The van der Waals surface area contributed by atoms with Crippen molar-refractivity contribution in [1.29, 1.82) is 0 Å². The SMILES string of the molecule is O=C(Nc1ccc(F)c(Cl)c1)[C@@H](Cc1ccccc1)N1C(=O)c2ccccc2C1=O. The topological polar surface area (TPSA) is 66.5 Å². The minimum Gasteiger partial charge on any atom is -0.324 e. The van der Waals surface area contributed by atoms with Crippen LogP contribution in [-0.2, 0) is 11.2 Å². The van der Waals surface area contributed by atoms with E-state index in [1.807, 2.05) is 30.3 Å². The first kappa shape index (κ1) is 19.8. The van der Waals surface area contributed by atoms with Crippen molar-refractivity contribution in [2.24, 2.45) is 0 Å². The smallest absolute Gasteiger partial charge is 0.262 e. The van der Waals surface area contributed by atoms with Crippen molar-refractivity contribution in [1.82, 2.24) is 4.90 Å². The third-order valence-electron chi connectivity index (χ3n) is 4.90. The molecular weight excluding hydrogens is 407 g/mol. The molecule has 0 fully saturated rings. The average Bonchev–Trinajstić information content (AvgIpc) is 3.00. The first-order valence-corrected chi connectivity index (χ1v) is 9.60. The predicted molar refractivity (Wildman–Crippen MR) is 111 cm³/mol. The largest absolute Gasteiger partial charge is 0.324 e. The van der Waals surface area contributed by atoms with Gasteiger partial charge >= 0.3 is 0 Å². The van der Waals surface area contributed by atoms with E-state index in [0.29, 0.717) is 0 Å². The minimum absolute atomic E-state index is 0.132. The van der Waals surface area contributed by atoms with Crippen LogP contribution in [0.5, 0.6) is 0 Å². The lowest BCUT2D eigenvalue weighted by molar-refractivity contribution is -0.119. The number of hydrogen-bond acceptors (Lipinski definition) is 3. The van der Waals surface area contributed by atoms with Gasteiger partial charge in [0.15, 0.2) is 0 Å². The van der Waals surface area contributed by atoms with Gasteiger partial charge < -0.3 is 5.32 Å². The number of nitrogens with zero attached hydrogens (tertiary/aromatic N) is 1. The van der Waals surface area contributed by atoms with Gasteiger partial charge in [0.1, 0.15) is 11.9 Å². The van der Waals surface area contributed by atoms with E-state index in [-0.39, 0.29) is 28.3 Å². The number of halogens is 2. The molecule has 0 unspecified atom stereocenters. The Balaban J connectivity index is 1.68. The molecule has 0 bridgehead atoms. The summed E-state index contributed by atoms with van der Waals surface area (Å²) in [7, 11) is 0. The van der Waals surface area contributed by atoms with E-state index in [4.69, 9.17) is 11.6 Å². The molecule has 1 aliphatic heterocycles. The van der Waals surface area contributed by atoms with E-state index < -0.39 is 29.6 Å². The fourth-order valence-electron chi connectivity index (χ4n) is 3.43. The summed E-state index contributed by atoms with van der Waals surface area (Å²) in [4.78, 5) is 40.0. The van der Waals surface area contributed by atoms with Crippen LogP contribution < -0.4 is 5.32 Å². The van der Waals surface area contributed by atoms with Gasteiger partial charge in [0.05, 0.1) is 16.1 Å². The van der Waals surface area contributed by atoms with Crippen LogP contribution in [0.1, 0.15) is 26.3 Å². The van der Waals surface area contributed by atoms with Crippen LogP contribution in [0.2, 0.25) is 5.02 Å². The molecule has 0 aromatic heterocycles. The summed E-state index contributed by atoms with van der Waals surface area (Å²) in [6.07, 6.45) is 0.132. The standard InChI is InChI=1S/C23H16ClFN2O3/c24-18-13-15(10-11-19(18)25)26-21(28)20(12-14-6-2-1-3-7-14)27-22(29)16-8-4-5-9-17(16)23(27)30/h1-11,13,20H,12H2,(H,26,28)/t20-/m1/s1. The quantitative estimate of drug-likeness (QED) is 0.622. The lowest BCUT2D eigenvalue weighted by atomic mass is 10.0. The monoisotopic (exact) mass is 422 g/mol. The normalized spacial score (nSPS) is 13.9. The highest BCUT2D eigenvalue weighted by molar-refractivity contribution is 6.31. The zero-order valence-electron chi connectivity index (χ0n) is 15.6.